The minimum absolute atomic E-state index is 0.482. The van der Waals surface area contributed by atoms with Crippen LogP contribution in [0.4, 0.5) is 11.4 Å². The number of fused-ring (bicyclic) bond motifs is 1. The highest BCUT2D eigenvalue weighted by Crippen LogP contribution is 2.21. The zero-order valence-corrected chi connectivity index (χ0v) is 14.3. The topological polar surface area (TPSA) is 68.2 Å². The van der Waals surface area contributed by atoms with Gasteiger partial charge in [0, 0.05) is 33.2 Å². The van der Waals surface area contributed by atoms with Crippen molar-refractivity contribution in [2.24, 2.45) is 5.84 Å². The number of hydrogen-bond acceptors (Lipinski definition) is 4. The molecule has 0 saturated carbocycles. The second-order valence-electron chi connectivity index (χ2n) is 5.85. The average molecular weight is 339 g/mol. The van der Waals surface area contributed by atoms with E-state index in [1.165, 1.54) is 0 Å². The maximum atomic E-state index is 6.31. The third-order valence-corrected chi connectivity index (χ3v) is 4.62. The molecular formula is C19H19ClN4. The monoisotopic (exact) mass is 338 g/mol. The van der Waals surface area contributed by atoms with Crippen LogP contribution >= 0.6 is 11.6 Å². The summed E-state index contributed by atoms with van der Waals surface area (Å²) in [6.07, 6.45) is 3.47. The van der Waals surface area contributed by atoms with Gasteiger partial charge in [-0.2, -0.15) is 0 Å². The third-order valence-electron chi connectivity index (χ3n) is 4.20. The number of benzene rings is 2. The lowest BCUT2D eigenvalue weighted by Crippen LogP contribution is -2.36. The molecule has 3 rings (SSSR count). The first-order chi connectivity index (χ1) is 11.4. The van der Waals surface area contributed by atoms with Crippen molar-refractivity contribution < 1.29 is 0 Å². The average Bonchev–Trinajstić information content (AvgIpc) is 2.56. The molecular weight excluding hydrogens is 320 g/mol. The fourth-order valence-electron chi connectivity index (χ4n) is 2.89. The van der Waals surface area contributed by atoms with Crippen molar-refractivity contribution in [1.82, 2.24) is 4.98 Å². The summed E-state index contributed by atoms with van der Waals surface area (Å²) >= 11 is 6.08. The number of pyridine rings is 1. The molecule has 0 aliphatic carbocycles. The fourth-order valence-corrected chi connectivity index (χ4v) is 3.00. The van der Waals surface area contributed by atoms with Crippen LogP contribution in [-0.4, -0.2) is 4.98 Å². The molecule has 0 aliphatic rings. The SMILES string of the molecule is C=c1c(N)c(N(N)Cc2ccc(Cl)c(C)c2)c(=C)c2cnccc12. The summed E-state index contributed by atoms with van der Waals surface area (Å²) in [7, 11) is 0. The van der Waals surface area contributed by atoms with Crippen molar-refractivity contribution in [2.75, 3.05) is 10.7 Å². The van der Waals surface area contributed by atoms with Gasteiger partial charge >= 0.3 is 0 Å². The Morgan fingerprint density at radius 1 is 1.17 bits per heavy atom. The lowest BCUT2D eigenvalue weighted by molar-refractivity contribution is 0.851. The molecule has 0 bridgehead atoms. The summed E-state index contributed by atoms with van der Waals surface area (Å²) in [6.45, 7) is 10.7. The Labute approximate surface area is 145 Å². The molecule has 122 valence electrons. The molecule has 0 saturated heterocycles. The van der Waals surface area contributed by atoms with E-state index in [-0.39, 0.29) is 0 Å². The van der Waals surface area contributed by atoms with Crippen molar-refractivity contribution >= 4 is 46.9 Å². The van der Waals surface area contributed by atoms with Crippen LogP contribution < -0.4 is 27.0 Å². The molecule has 1 aromatic heterocycles. The van der Waals surface area contributed by atoms with E-state index in [4.69, 9.17) is 23.2 Å². The van der Waals surface area contributed by atoms with Crippen LogP contribution in [0.3, 0.4) is 0 Å². The molecule has 5 heteroatoms. The first-order valence-electron chi connectivity index (χ1n) is 7.50. The van der Waals surface area contributed by atoms with E-state index in [0.717, 1.165) is 37.4 Å². The van der Waals surface area contributed by atoms with E-state index >= 15 is 0 Å². The first-order valence-corrected chi connectivity index (χ1v) is 7.88. The third kappa shape index (κ3) is 2.70. The highest BCUT2D eigenvalue weighted by atomic mass is 35.5. The van der Waals surface area contributed by atoms with E-state index in [1.54, 1.807) is 17.4 Å². The predicted molar refractivity (Wildman–Crippen MR) is 103 cm³/mol. The maximum Gasteiger partial charge on any atom is 0.0829 e. The Bertz CT molecular complexity index is 1030. The van der Waals surface area contributed by atoms with Gasteiger partial charge in [-0.15, -0.1) is 0 Å². The molecule has 3 aromatic rings. The normalized spacial score (nSPS) is 11.0. The highest BCUT2D eigenvalue weighted by Gasteiger charge is 2.13. The molecule has 2 aromatic carbocycles. The van der Waals surface area contributed by atoms with Crippen molar-refractivity contribution in [3.8, 4) is 0 Å². The summed E-state index contributed by atoms with van der Waals surface area (Å²) in [5.41, 5.74) is 9.54. The molecule has 0 amide bonds. The fraction of sp³-hybridized carbons (Fsp3) is 0.105. The van der Waals surface area contributed by atoms with Crippen molar-refractivity contribution in [1.29, 1.82) is 0 Å². The quantitative estimate of drug-likeness (QED) is 0.437. The largest absolute Gasteiger partial charge is 0.397 e. The van der Waals surface area contributed by atoms with Gasteiger partial charge in [-0.1, -0.05) is 36.9 Å². The van der Waals surface area contributed by atoms with Crippen LogP contribution in [0.1, 0.15) is 11.1 Å². The van der Waals surface area contributed by atoms with Crippen molar-refractivity contribution in [2.45, 2.75) is 13.5 Å². The Hall–Kier alpha value is -2.56. The molecule has 0 fully saturated rings. The molecule has 0 atom stereocenters. The van der Waals surface area contributed by atoms with E-state index in [2.05, 4.69) is 18.1 Å². The van der Waals surface area contributed by atoms with Gasteiger partial charge in [0.05, 0.1) is 17.9 Å². The van der Waals surface area contributed by atoms with Gasteiger partial charge in [-0.25, -0.2) is 5.84 Å². The molecule has 4 nitrogen and oxygen atoms in total. The lowest BCUT2D eigenvalue weighted by Gasteiger charge is -2.23. The smallest absolute Gasteiger partial charge is 0.0829 e. The second kappa shape index (κ2) is 6.15. The lowest BCUT2D eigenvalue weighted by atomic mass is 10.0. The number of hydrogen-bond donors (Lipinski definition) is 2. The van der Waals surface area contributed by atoms with Crippen LogP contribution in [0.15, 0.2) is 36.7 Å². The van der Waals surface area contributed by atoms with E-state index in [1.807, 2.05) is 31.2 Å². The van der Waals surface area contributed by atoms with Gasteiger partial charge in [-0.05, 0) is 35.6 Å². The molecule has 0 spiro atoms. The van der Waals surface area contributed by atoms with Gasteiger partial charge in [0.15, 0.2) is 0 Å². The summed E-state index contributed by atoms with van der Waals surface area (Å²) in [6, 6.07) is 7.71. The summed E-state index contributed by atoms with van der Waals surface area (Å²) in [5.74, 6) is 6.31. The molecule has 24 heavy (non-hydrogen) atoms. The number of rotatable bonds is 3. The van der Waals surface area contributed by atoms with Crippen LogP contribution in [0, 0.1) is 6.92 Å². The number of anilines is 2. The number of hydrazine groups is 1. The summed E-state index contributed by atoms with van der Waals surface area (Å²) in [4.78, 5) is 4.17. The van der Waals surface area contributed by atoms with E-state index in [9.17, 15) is 0 Å². The number of aromatic nitrogens is 1. The molecule has 0 unspecified atom stereocenters. The number of nitrogens with two attached hydrogens (primary N) is 2. The molecule has 0 radical (unpaired) electrons. The maximum absolute atomic E-state index is 6.31. The Morgan fingerprint density at radius 3 is 2.62 bits per heavy atom. The molecule has 4 N–H and O–H groups in total. The summed E-state index contributed by atoms with van der Waals surface area (Å²) in [5, 5.41) is 5.65. The van der Waals surface area contributed by atoms with Gasteiger partial charge in [-0.3, -0.25) is 4.98 Å². The van der Waals surface area contributed by atoms with E-state index in [0.29, 0.717) is 17.9 Å². The van der Waals surface area contributed by atoms with Crippen LogP contribution in [0.5, 0.6) is 0 Å². The number of halogens is 1. The van der Waals surface area contributed by atoms with Crippen LogP contribution in [0.2, 0.25) is 5.02 Å². The van der Waals surface area contributed by atoms with Crippen molar-refractivity contribution in [3.05, 3.63) is 63.2 Å². The van der Waals surface area contributed by atoms with Crippen LogP contribution in [-0.2, 0) is 6.54 Å². The zero-order valence-electron chi connectivity index (χ0n) is 13.5. The number of nitrogen functional groups attached to an aromatic ring is 1. The molecule has 1 heterocycles. The van der Waals surface area contributed by atoms with Crippen molar-refractivity contribution in [3.63, 3.8) is 0 Å². The second-order valence-corrected chi connectivity index (χ2v) is 6.26. The zero-order chi connectivity index (χ0) is 17.4. The Kier molecular flexibility index (Phi) is 4.18. The Morgan fingerprint density at radius 2 is 1.92 bits per heavy atom. The van der Waals surface area contributed by atoms with Gasteiger partial charge in [0.1, 0.15) is 0 Å². The standard InChI is InChI=1S/C19H19ClN4/c1-11-8-14(4-5-17(11)20)10-24(22)19-13(3)16-9-23-7-6-15(16)12(2)18(19)21/h4-9H,2-3,10,21-22H2,1H3. The number of nitrogens with zero attached hydrogens (tertiary/aromatic N) is 2. The van der Waals surface area contributed by atoms with Crippen LogP contribution in [0.25, 0.3) is 23.9 Å². The van der Waals surface area contributed by atoms with Gasteiger partial charge in [0.25, 0.3) is 0 Å². The first kappa shape index (κ1) is 16.3. The minimum atomic E-state index is 0.482. The number of aryl methyl sites for hydroxylation is 1. The summed E-state index contributed by atoms with van der Waals surface area (Å²) < 4.78 is 0. The minimum Gasteiger partial charge on any atom is -0.397 e. The predicted octanol–water partition coefficient (Wildman–Crippen LogP) is 2.48. The van der Waals surface area contributed by atoms with Gasteiger partial charge in [0.2, 0.25) is 0 Å². The Balaban J connectivity index is 2.10. The van der Waals surface area contributed by atoms with E-state index < -0.39 is 0 Å². The highest BCUT2D eigenvalue weighted by molar-refractivity contribution is 6.31. The van der Waals surface area contributed by atoms with Gasteiger partial charge < -0.3 is 10.7 Å². The molecule has 0 aliphatic heterocycles.